The molecule has 1 atom stereocenters. The molecular formula is C15H12F2N4O2. The summed E-state index contributed by atoms with van der Waals surface area (Å²) in [6.45, 7) is 0.156. The summed E-state index contributed by atoms with van der Waals surface area (Å²) in [5, 5.41) is 16.1. The lowest BCUT2D eigenvalue weighted by Crippen LogP contribution is -2.22. The van der Waals surface area contributed by atoms with E-state index in [1.807, 2.05) is 6.07 Å². The fourth-order valence-corrected chi connectivity index (χ4v) is 2.61. The van der Waals surface area contributed by atoms with Crippen LogP contribution >= 0.6 is 0 Å². The highest BCUT2D eigenvalue weighted by atomic mass is 19.1. The van der Waals surface area contributed by atoms with Crippen molar-refractivity contribution in [2.24, 2.45) is 5.73 Å². The highest BCUT2D eigenvalue weighted by Crippen LogP contribution is 2.43. The maximum absolute atomic E-state index is 14.3. The number of hydrogen-bond acceptors (Lipinski definition) is 5. The number of allylic oxidation sites excluding steroid dienone is 1. The van der Waals surface area contributed by atoms with Crippen LogP contribution < -0.4 is 10.5 Å². The summed E-state index contributed by atoms with van der Waals surface area (Å²) < 4.78 is 37.9. The smallest absolute Gasteiger partial charge is 0.244 e. The molecule has 1 aromatic carbocycles. The Hall–Kier alpha value is -2.92. The molecule has 0 saturated carbocycles. The molecule has 8 heteroatoms. The number of hydrogen-bond donors (Lipinski definition) is 2. The van der Waals surface area contributed by atoms with Gasteiger partial charge in [0.05, 0.1) is 23.8 Å². The van der Waals surface area contributed by atoms with Crippen LogP contribution in [0.1, 0.15) is 22.7 Å². The molecule has 0 aliphatic carbocycles. The largest absolute Gasteiger partial charge is 0.420 e. The van der Waals surface area contributed by atoms with Gasteiger partial charge in [-0.05, 0) is 6.07 Å². The van der Waals surface area contributed by atoms with Crippen molar-refractivity contribution in [2.45, 2.75) is 12.5 Å². The zero-order valence-corrected chi connectivity index (χ0v) is 12.1. The van der Waals surface area contributed by atoms with Crippen LogP contribution in [-0.2, 0) is 11.3 Å². The molecule has 0 amide bonds. The van der Waals surface area contributed by atoms with Gasteiger partial charge in [-0.1, -0.05) is 6.07 Å². The van der Waals surface area contributed by atoms with Crippen LogP contribution in [0.15, 0.2) is 29.7 Å². The Balaban J connectivity index is 2.24. The molecule has 0 unspecified atom stereocenters. The Kier molecular flexibility index (Phi) is 3.72. The van der Waals surface area contributed by atoms with Gasteiger partial charge in [-0.15, -0.1) is 5.10 Å². The second-order valence-corrected chi connectivity index (χ2v) is 4.94. The van der Waals surface area contributed by atoms with E-state index in [1.54, 1.807) is 0 Å². The molecule has 0 bridgehead atoms. The van der Waals surface area contributed by atoms with Gasteiger partial charge in [0.25, 0.3) is 0 Å². The van der Waals surface area contributed by atoms with Crippen molar-refractivity contribution in [1.29, 1.82) is 5.26 Å². The molecule has 0 saturated heterocycles. The molecule has 3 rings (SSSR count). The number of ether oxygens (including phenoxy) is 2. The highest BCUT2D eigenvalue weighted by Gasteiger charge is 2.36. The molecule has 0 fully saturated rings. The van der Waals surface area contributed by atoms with Gasteiger partial charge in [0.1, 0.15) is 23.3 Å². The van der Waals surface area contributed by atoms with Crippen LogP contribution in [0.25, 0.3) is 0 Å². The maximum Gasteiger partial charge on any atom is 0.244 e. The second kappa shape index (κ2) is 5.70. The topological polar surface area (TPSA) is 97.0 Å². The molecule has 118 valence electrons. The summed E-state index contributed by atoms with van der Waals surface area (Å²) in [4.78, 5) is 0. The zero-order chi connectivity index (χ0) is 16.6. The first-order chi connectivity index (χ1) is 11.1. The fourth-order valence-electron chi connectivity index (χ4n) is 2.61. The van der Waals surface area contributed by atoms with Gasteiger partial charge in [-0.25, -0.2) is 8.78 Å². The van der Waals surface area contributed by atoms with Gasteiger partial charge >= 0.3 is 0 Å². The van der Waals surface area contributed by atoms with E-state index in [0.29, 0.717) is 11.3 Å². The monoisotopic (exact) mass is 318 g/mol. The molecule has 1 aliphatic rings. The minimum Gasteiger partial charge on any atom is -0.420 e. The number of methoxy groups -OCH3 is 1. The van der Waals surface area contributed by atoms with Gasteiger partial charge in [0, 0.05) is 18.7 Å². The quantitative estimate of drug-likeness (QED) is 0.903. The number of halogens is 2. The lowest BCUT2D eigenvalue weighted by atomic mass is 9.84. The first-order valence-corrected chi connectivity index (χ1v) is 6.65. The van der Waals surface area contributed by atoms with Gasteiger partial charge in [-0.2, -0.15) is 5.26 Å². The third-order valence-electron chi connectivity index (χ3n) is 3.58. The maximum atomic E-state index is 14.3. The van der Waals surface area contributed by atoms with Crippen LogP contribution in [0.4, 0.5) is 8.78 Å². The molecule has 6 nitrogen and oxygen atoms in total. The van der Waals surface area contributed by atoms with Crippen molar-refractivity contribution >= 4 is 0 Å². The Morgan fingerprint density at radius 1 is 1.48 bits per heavy atom. The van der Waals surface area contributed by atoms with Crippen LogP contribution in [0.2, 0.25) is 0 Å². The molecule has 2 heterocycles. The van der Waals surface area contributed by atoms with Gasteiger partial charge in [0.2, 0.25) is 11.8 Å². The third-order valence-corrected chi connectivity index (χ3v) is 3.58. The first-order valence-electron chi connectivity index (χ1n) is 6.65. The minimum atomic E-state index is -0.853. The van der Waals surface area contributed by atoms with Gasteiger partial charge in [-0.3, -0.25) is 5.10 Å². The first kappa shape index (κ1) is 15.0. The molecule has 1 aromatic heterocycles. The van der Waals surface area contributed by atoms with Crippen molar-refractivity contribution in [2.75, 3.05) is 7.11 Å². The number of nitrogens with zero attached hydrogens (tertiary/aromatic N) is 2. The summed E-state index contributed by atoms with van der Waals surface area (Å²) >= 11 is 0. The number of aromatic nitrogens is 2. The van der Waals surface area contributed by atoms with Crippen molar-refractivity contribution in [3.05, 3.63) is 58.1 Å². The average Bonchev–Trinajstić information content (AvgIpc) is 2.89. The second-order valence-electron chi connectivity index (χ2n) is 4.94. The van der Waals surface area contributed by atoms with Gasteiger partial charge in [0.15, 0.2) is 0 Å². The average molecular weight is 318 g/mol. The number of rotatable bonds is 3. The van der Waals surface area contributed by atoms with Crippen LogP contribution in [0, 0.1) is 23.0 Å². The molecule has 1 aliphatic heterocycles. The van der Waals surface area contributed by atoms with Crippen molar-refractivity contribution in [1.82, 2.24) is 10.2 Å². The van der Waals surface area contributed by atoms with E-state index in [0.717, 1.165) is 12.1 Å². The fraction of sp³-hybridized carbons (Fsp3) is 0.200. The molecular weight excluding hydrogens is 306 g/mol. The number of fused-ring (bicyclic) bond motifs is 1. The number of H-pyrrole nitrogens is 1. The lowest BCUT2D eigenvalue weighted by Gasteiger charge is -2.24. The molecule has 2 aromatic rings. The normalized spacial score (nSPS) is 16.7. The van der Waals surface area contributed by atoms with E-state index in [1.165, 1.54) is 13.2 Å². The number of aromatic amines is 1. The van der Waals surface area contributed by atoms with Crippen LogP contribution in [-0.4, -0.2) is 17.3 Å². The van der Waals surface area contributed by atoms with E-state index in [2.05, 4.69) is 10.2 Å². The van der Waals surface area contributed by atoms with Crippen molar-refractivity contribution < 1.29 is 18.3 Å². The van der Waals surface area contributed by atoms with Gasteiger partial charge < -0.3 is 15.2 Å². The molecule has 0 spiro atoms. The predicted octanol–water partition coefficient (Wildman–Crippen LogP) is 2.05. The highest BCUT2D eigenvalue weighted by molar-refractivity contribution is 5.55. The van der Waals surface area contributed by atoms with Crippen molar-refractivity contribution in [3.8, 4) is 11.9 Å². The Morgan fingerprint density at radius 3 is 2.91 bits per heavy atom. The van der Waals surface area contributed by atoms with E-state index < -0.39 is 17.6 Å². The number of nitrogens with two attached hydrogens (primary N) is 1. The van der Waals surface area contributed by atoms with E-state index in [-0.39, 0.29) is 29.5 Å². The predicted molar refractivity (Wildman–Crippen MR) is 75.0 cm³/mol. The van der Waals surface area contributed by atoms with E-state index in [9.17, 15) is 14.0 Å². The SMILES string of the molecule is COCc1[nH]nc2c1[C@H](c1ccc(F)cc1F)C(C#N)=C(N)O2. The number of benzene rings is 1. The van der Waals surface area contributed by atoms with Crippen molar-refractivity contribution in [3.63, 3.8) is 0 Å². The number of nitrogens with one attached hydrogen (secondary N) is 1. The summed E-state index contributed by atoms with van der Waals surface area (Å²) in [7, 11) is 1.49. The number of nitriles is 1. The van der Waals surface area contributed by atoms with E-state index >= 15 is 0 Å². The standard InChI is InChI=1S/C15H12F2N4O2/c1-22-6-11-13-12(8-3-2-7(16)4-10(8)17)9(5-18)14(19)23-15(13)21-20-11/h2-4,12H,6,19H2,1H3,(H,20,21)/t12-/m1/s1. The summed E-state index contributed by atoms with van der Waals surface area (Å²) in [6.07, 6.45) is 0. The summed E-state index contributed by atoms with van der Waals surface area (Å²) in [6, 6.07) is 5.08. The van der Waals surface area contributed by atoms with Crippen LogP contribution in [0.5, 0.6) is 5.88 Å². The zero-order valence-electron chi connectivity index (χ0n) is 12.1. The molecule has 0 radical (unpaired) electrons. The molecule has 23 heavy (non-hydrogen) atoms. The Labute approximate surface area is 130 Å². The van der Waals surface area contributed by atoms with E-state index in [4.69, 9.17) is 15.2 Å². The third kappa shape index (κ3) is 2.41. The Morgan fingerprint density at radius 2 is 2.26 bits per heavy atom. The minimum absolute atomic E-state index is 0.0294. The Bertz CT molecular complexity index is 838. The lowest BCUT2D eigenvalue weighted by molar-refractivity contribution is 0.180. The van der Waals surface area contributed by atoms with Crippen LogP contribution in [0.3, 0.4) is 0 Å². The summed E-state index contributed by atoms with van der Waals surface area (Å²) in [5.41, 5.74) is 6.86. The molecule has 3 N–H and O–H groups in total. The summed E-state index contributed by atoms with van der Waals surface area (Å²) in [5.74, 6) is -2.37.